The van der Waals surface area contributed by atoms with Crippen LogP contribution < -0.4 is 15.4 Å². The van der Waals surface area contributed by atoms with Gasteiger partial charge in [-0.05, 0) is 37.1 Å². The lowest BCUT2D eigenvalue weighted by Gasteiger charge is -2.30. The highest BCUT2D eigenvalue weighted by atomic mass is 16.5. The molecule has 1 amide bonds. The molecule has 4 rings (SSSR count). The topological polar surface area (TPSA) is 68.2 Å². The summed E-state index contributed by atoms with van der Waals surface area (Å²) in [5.74, 6) is 0.830. The van der Waals surface area contributed by atoms with Crippen molar-refractivity contribution in [3.63, 3.8) is 0 Å². The number of hydrogen-bond donors (Lipinski definition) is 2. The molecule has 1 aromatic heterocycles. The highest BCUT2D eigenvalue weighted by Gasteiger charge is 2.40. The fourth-order valence-electron chi connectivity index (χ4n) is 3.88. The third-order valence-corrected chi connectivity index (χ3v) is 5.46. The number of hydrogen-bond acceptors (Lipinski definition) is 4. The molecule has 6 nitrogen and oxygen atoms in total. The van der Waals surface area contributed by atoms with Crippen molar-refractivity contribution >= 4 is 11.6 Å². The molecule has 1 aliphatic rings. The maximum atomic E-state index is 13.1. The van der Waals surface area contributed by atoms with Crippen molar-refractivity contribution < 1.29 is 9.53 Å². The van der Waals surface area contributed by atoms with Gasteiger partial charge in [-0.3, -0.25) is 4.79 Å². The monoisotopic (exact) mass is 390 g/mol. The number of methoxy groups -OCH3 is 1. The molecule has 1 heterocycles. The first-order valence-corrected chi connectivity index (χ1v) is 9.98. The van der Waals surface area contributed by atoms with Crippen molar-refractivity contribution in [2.45, 2.75) is 37.8 Å². The van der Waals surface area contributed by atoms with Crippen LogP contribution >= 0.6 is 0 Å². The first kappa shape index (κ1) is 19.1. The number of amides is 1. The Labute approximate surface area is 170 Å². The van der Waals surface area contributed by atoms with Gasteiger partial charge in [0.25, 0.3) is 0 Å². The van der Waals surface area contributed by atoms with Crippen LogP contribution in [-0.2, 0) is 11.3 Å². The summed E-state index contributed by atoms with van der Waals surface area (Å²) in [6.07, 6.45) is 7.52. The molecule has 0 radical (unpaired) electrons. The van der Waals surface area contributed by atoms with Gasteiger partial charge >= 0.3 is 0 Å². The maximum Gasteiger partial charge on any atom is 0.245 e. The van der Waals surface area contributed by atoms with Crippen LogP contribution in [-0.4, -0.2) is 28.3 Å². The van der Waals surface area contributed by atoms with Crippen molar-refractivity contribution in [2.75, 3.05) is 12.4 Å². The molecule has 1 fully saturated rings. The van der Waals surface area contributed by atoms with E-state index >= 15 is 0 Å². The van der Waals surface area contributed by atoms with Crippen LogP contribution in [0.1, 0.15) is 31.2 Å². The van der Waals surface area contributed by atoms with E-state index in [9.17, 15) is 4.79 Å². The van der Waals surface area contributed by atoms with Crippen LogP contribution in [0.2, 0.25) is 0 Å². The minimum atomic E-state index is -0.538. The van der Waals surface area contributed by atoms with Crippen LogP contribution in [0.15, 0.2) is 67.0 Å². The maximum absolute atomic E-state index is 13.1. The van der Waals surface area contributed by atoms with E-state index in [1.54, 1.807) is 18.0 Å². The van der Waals surface area contributed by atoms with Crippen molar-refractivity contribution in [3.05, 3.63) is 72.6 Å². The van der Waals surface area contributed by atoms with Gasteiger partial charge in [0.05, 0.1) is 19.0 Å². The summed E-state index contributed by atoms with van der Waals surface area (Å²) in [5.41, 5.74) is 2.31. The first-order chi connectivity index (χ1) is 14.2. The Morgan fingerprint density at radius 1 is 1.14 bits per heavy atom. The van der Waals surface area contributed by atoms with E-state index in [1.165, 1.54) is 0 Å². The number of anilines is 1. The second-order valence-electron chi connectivity index (χ2n) is 7.46. The van der Waals surface area contributed by atoms with Gasteiger partial charge in [-0.15, -0.1) is 0 Å². The molecule has 0 aliphatic heterocycles. The molecule has 150 valence electrons. The number of carbonyl (C=O) groups excluding carboxylic acids is 1. The highest BCUT2D eigenvalue weighted by Crippen LogP contribution is 2.33. The van der Waals surface area contributed by atoms with E-state index in [1.807, 2.05) is 60.8 Å². The number of carbonyl (C=O) groups is 1. The predicted molar refractivity (Wildman–Crippen MR) is 113 cm³/mol. The van der Waals surface area contributed by atoms with Crippen LogP contribution in [0.4, 0.5) is 5.69 Å². The van der Waals surface area contributed by atoms with Crippen molar-refractivity contribution in [1.29, 1.82) is 0 Å². The summed E-state index contributed by atoms with van der Waals surface area (Å²) in [6.45, 7) is 0.445. The third kappa shape index (κ3) is 4.26. The van der Waals surface area contributed by atoms with Crippen LogP contribution in [0.3, 0.4) is 0 Å². The van der Waals surface area contributed by atoms with Crippen molar-refractivity contribution in [2.24, 2.45) is 0 Å². The number of nitrogens with zero attached hydrogens (tertiary/aromatic N) is 2. The number of nitrogens with one attached hydrogen (secondary N) is 2. The van der Waals surface area contributed by atoms with Gasteiger partial charge in [0, 0.05) is 30.1 Å². The summed E-state index contributed by atoms with van der Waals surface area (Å²) < 4.78 is 7.06. The van der Waals surface area contributed by atoms with Gasteiger partial charge in [-0.2, -0.15) is 5.10 Å². The van der Waals surface area contributed by atoms with E-state index in [0.717, 1.165) is 48.4 Å². The molecule has 1 saturated carbocycles. The van der Waals surface area contributed by atoms with E-state index in [0.29, 0.717) is 6.54 Å². The first-order valence-electron chi connectivity index (χ1n) is 9.98. The zero-order valence-electron chi connectivity index (χ0n) is 16.6. The molecule has 0 unspecified atom stereocenters. The largest absolute Gasteiger partial charge is 0.497 e. The second kappa shape index (κ2) is 8.39. The van der Waals surface area contributed by atoms with Crippen LogP contribution in [0, 0.1) is 0 Å². The Kier molecular flexibility index (Phi) is 5.51. The summed E-state index contributed by atoms with van der Waals surface area (Å²) in [6, 6.07) is 17.7. The van der Waals surface area contributed by atoms with E-state index in [-0.39, 0.29) is 5.91 Å². The Hall–Kier alpha value is -3.28. The Bertz CT molecular complexity index is 962. The summed E-state index contributed by atoms with van der Waals surface area (Å²) in [4.78, 5) is 13.1. The summed E-state index contributed by atoms with van der Waals surface area (Å²) >= 11 is 0. The quantitative estimate of drug-likeness (QED) is 0.642. The zero-order valence-corrected chi connectivity index (χ0v) is 16.6. The average Bonchev–Trinajstić information content (AvgIpc) is 3.43. The van der Waals surface area contributed by atoms with Crippen LogP contribution in [0.25, 0.3) is 5.69 Å². The van der Waals surface area contributed by atoms with Gasteiger partial charge in [-0.25, -0.2) is 4.68 Å². The molecule has 2 aromatic carbocycles. The second-order valence-corrected chi connectivity index (χ2v) is 7.46. The molecule has 2 N–H and O–H groups in total. The number of benzene rings is 2. The lowest BCUT2D eigenvalue weighted by molar-refractivity contribution is -0.125. The van der Waals surface area contributed by atoms with E-state index < -0.39 is 5.54 Å². The molecule has 1 aliphatic carbocycles. The third-order valence-electron chi connectivity index (χ3n) is 5.46. The normalized spacial score (nSPS) is 15.1. The smallest absolute Gasteiger partial charge is 0.245 e. The van der Waals surface area contributed by atoms with E-state index in [2.05, 4.69) is 15.7 Å². The summed E-state index contributed by atoms with van der Waals surface area (Å²) in [5, 5.41) is 11.0. The molecular formula is C23H26N4O2. The van der Waals surface area contributed by atoms with Gasteiger partial charge < -0.3 is 15.4 Å². The molecular weight excluding hydrogens is 364 g/mol. The fourth-order valence-corrected chi connectivity index (χ4v) is 3.88. The SMILES string of the molecule is COc1cccc(-n2cc(CNC(=O)C3(Nc4ccccc4)CCCC3)cn2)c1. The van der Waals surface area contributed by atoms with Crippen molar-refractivity contribution in [1.82, 2.24) is 15.1 Å². The predicted octanol–water partition coefficient (Wildman–Crippen LogP) is 3.92. The van der Waals surface area contributed by atoms with Crippen molar-refractivity contribution in [3.8, 4) is 11.4 Å². The molecule has 3 aromatic rings. The minimum absolute atomic E-state index is 0.0491. The molecule has 0 bridgehead atoms. The number of para-hydroxylation sites is 1. The van der Waals surface area contributed by atoms with Gasteiger partial charge in [0.15, 0.2) is 0 Å². The number of aromatic nitrogens is 2. The fraction of sp³-hybridized carbons (Fsp3) is 0.304. The minimum Gasteiger partial charge on any atom is -0.497 e. The average molecular weight is 390 g/mol. The molecule has 0 spiro atoms. The Balaban J connectivity index is 1.43. The van der Waals surface area contributed by atoms with Gasteiger partial charge in [-0.1, -0.05) is 37.1 Å². The van der Waals surface area contributed by atoms with Crippen LogP contribution in [0.5, 0.6) is 5.75 Å². The Morgan fingerprint density at radius 2 is 1.93 bits per heavy atom. The highest BCUT2D eigenvalue weighted by molar-refractivity contribution is 5.89. The van der Waals surface area contributed by atoms with E-state index in [4.69, 9.17) is 4.74 Å². The lowest BCUT2D eigenvalue weighted by atomic mass is 9.95. The molecule has 6 heteroatoms. The molecule has 0 atom stereocenters. The Morgan fingerprint density at radius 3 is 2.69 bits per heavy atom. The number of ether oxygens (including phenoxy) is 1. The number of rotatable bonds is 7. The summed E-state index contributed by atoms with van der Waals surface area (Å²) in [7, 11) is 1.64. The van der Waals surface area contributed by atoms with Gasteiger partial charge in [0.1, 0.15) is 11.3 Å². The zero-order chi connectivity index (χ0) is 20.1. The van der Waals surface area contributed by atoms with Gasteiger partial charge in [0.2, 0.25) is 5.91 Å². The lowest BCUT2D eigenvalue weighted by Crippen LogP contribution is -2.50. The standard InChI is InChI=1S/C23H26N4O2/c1-29-21-11-7-10-20(14-21)27-17-18(16-25-27)15-24-22(28)23(12-5-6-13-23)26-19-8-3-2-4-9-19/h2-4,7-11,14,16-17,26H,5-6,12-13,15H2,1H3,(H,24,28). The molecule has 0 saturated heterocycles. The molecule has 29 heavy (non-hydrogen) atoms.